The van der Waals surface area contributed by atoms with Crippen LogP contribution < -0.4 is 5.73 Å². The van der Waals surface area contributed by atoms with Crippen LogP contribution in [-0.2, 0) is 16.1 Å². The monoisotopic (exact) mass is 279 g/mol. The Morgan fingerprint density at radius 2 is 2.00 bits per heavy atom. The Kier molecular flexibility index (Phi) is 7.89. The molecular formula is C16H22FNO2. The Hall–Kier alpha value is -1.41. The first kappa shape index (κ1) is 16.6. The molecule has 0 aliphatic carbocycles. The molecule has 1 aromatic rings. The van der Waals surface area contributed by atoms with Crippen LogP contribution in [0, 0.1) is 23.6 Å². The molecule has 20 heavy (non-hydrogen) atoms. The van der Waals surface area contributed by atoms with Gasteiger partial charge in [-0.05, 0) is 18.1 Å². The summed E-state index contributed by atoms with van der Waals surface area (Å²) in [4.78, 5) is 0. The Morgan fingerprint density at radius 1 is 1.25 bits per heavy atom. The Labute approximate surface area is 120 Å². The van der Waals surface area contributed by atoms with Gasteiger partial charge in [-0.3, -0.25) is 0 Å². The van der Waals surface area contributed by atoms with E-state index in [2.05, 4.69) is 25.7 Å². The molecular weight excluding hydrogens is 257 g/mol. The number of hydrogen-bond donors (Lipinski definition) is 1. The highest BCUT2D eigenvalue weighted by atomic mass is 19.1. The van der Waals surface area contributed by atoms with Crippen LogP contribution in [0.25, 0.3) is 0 Å². The second kappa shape index (κ2) is 9.49. The second-order valence-electron chi connectivity index (χ2n) is 4.83. The van der Waals surface area contributed by atoms with E-state index in [0.717, 1.165) is 0 Å². The zero-order valence-electron chi connectivity index (χ0n) is 12.1. The Morgan fingerprint density at radius 3 is 2.65 bits per heavy atom. The van der Waals surface area contributed by atoms with Crippen molar-refractivity contribution >= 4 is 0 Å². The third kappa shape index (κ3) is 6.67. The molecule has 0 saturated carbocycles. The van der Waals surface area contributed by atoms with Crippen molar-refractivity contribution in [2.75, 3.05) is 26.4 Å². The van der Waals surface area contributed by atoms with E-state index in [9.17, 15) is 4.39 Å². The molecule has 0 aromatic heterocycles. The summed E-state index contributed by atoms with van der Waals surface area (Å²) >= 11 is 0. The fourth-order valence-corrected chi connectivity index (χ4v) is 1.51. The standard InChI is InChI=1S/C16H22FNO2/c1-13(2)11-19-8-9-20-12-15-6-5-14(4-3-7-18)10-16(15)17/h5-6,10,13H,7-9,11-12,18H2,1-2H3. The Balaban J connectivity index is 2.34. The molecule has 1 rings (SSSR count). The minimum Gasteiger partial charge on any atom is -0.379 e. The van der Waals surface area contributed by atoms with Gasteiger partial charge >= 0.3 is 0 Å². The van der Waals surface area contributed by atoms with Crippen LogP contribution in [0.15, 0.2) is 18.2 Å². The van der Waals surface area contributed by atoms with E-state index in [1.165, 1.54) is 6.07 Å². The van der Waals surface area contributed by atoms with E-state index in [4.69, 9.17) is 15.2 Å². The van der Waals surface area contributed by atoms with Crippen molar-refractivity contribution in [3.05, 3.63) is 35.1 Å². The highest BCUT2D eigenvalue weighted by Gasteiger charge is 2.03. The van der Waals surface area contributed by atoms with Gasteiger partial charge in [-0.2, -0.15) is 0 Å². The van der Waals surface area contributed by atoms with Crippen LogP contribution in [0.4, 0.5) is 4.39 Å². The molecule has 0 aliphatic heterocycles. The highest BCUT2D eigenvalue weighted by Crippen LogP contribution is 2.11. The SMILES string of the molecule is CC(C)COCCOCc1ccc(C#CCN)cc1F. The predicted octanol–water partition coefficient (Wildman–Crippen LogP) is 2.33. The molecule has 0 amide bonds. The largest absolute Gasteiger partial charge is 0.379 e. The smallest absolute Gasteiger partial charge is 0.129 e. The first-order chi connectivity index (χ1) is 9.63. The van der Waals surface area contributed by atoms with E-state index in [-0.39, 0.29) is 19.0 Å². The molecule has 0 fully saturated rings. The summed E-state index contributed by atoms with van der Waals surface area (Å²) in [6.45, 7) is 6.38. The summed E-state index contributed by atoms with van der Waals surface area (Å²) in [7, 11) is 0. The number of halogens is 1. The minimum absolute atomic E-state index is 0.238. The fraction of sp³-hybridized carbons (Fsp3) is 0.500. The van der Waals surface area contributed by atoms with Crippen molar-refractivity contribution in [3.8, 4) is 11.8 Å². The van der Waals surface area contributed by atoms with E-state index in [1.807, 2.05) is 0 Å². The first-order valence-corrected chi connectivity index (χ1v) is 6.76. The molecule has 0 atom stereocenters. The maximum atomic E-state index is 13.7. The second-order valence-corrected chi connectivity index (χ2v) is 4.83. The molecule has 3 nitrogen and oxygen atoms in total. The van der Waals surface area contributed by atoms with Crippen molar-refractivity contribution in [1.29, 1.82) is 0 Å². The average Bonchev–Trinajstić information content (AvgIpc) is 2.41. The van der Waals surface area contributed by atoms with Gasteiger partial charge in [0.2, 0.25) is 0 Å². The summed E-state index contributed by atoms with van der Waals surface area (Å²) in [6, 6.07) is 4.85. The topological polar surface area (TPSA) is 44.5 Å². The summed E-state index contributed by atoms with van der Waals surface area (Å²) < 4.78 is 24.5. The number of benzene rings is 1. The van der Waals surface area contributed by atoms with Gasteiger partial charge in [-0.15, -0.1) is 0 Å². The van der Waals surface area contributed by atoms with Crippen molar-refractivity contribution in [2.24, 2.45) is 11.7 Å². The van der Waals surface area contributed by atoms with Gasteiger partial charge in [0.1, 0.15) is 5.82 Å². The van der Waals surface area contributed by atoms with Gasteiger partial charge < -0.3 is 15.2 Å². The maximum Gasteiger partial charge on any atom is 0.129 e. The predicted molar refractivity (Wildman–Crippen MR) is 77.6 cm³/mol. The lowest BCUT2D eigenvalue weighted by Gasteiger charge is -2.08. The number of ether oxygens (including phenoxy) is 2. The normalized spacial score (nSPS) is 10.4. The van der Waals surface area contributed by atoms with Gasteiger partial charge in [0, 0.05) is 17.7 Å². The first-order valence-electron chi connectivity index (χ1n) is 6.76. The lowest BCUT2D eigenvalue weighted by molar-refractivity contribution is 0.0307. The molecule has 0 unspecified atom stereocenters. The zero-order valence-corrected chi connectivity index (χ0v) is 12.1. The molecule has 110 valence electrons. The molecule has 0 aliphatic rings. The van der Waals surface area contributed by atoms with Crippen LogP contribution in [-0.4, -0.2) is 26.4 Å². The van der Waals surface area contributed by atoms with Gasteiger partial charge in [-0.1, -0.05) is 31.8 Å². The third-order valence-electron chi connectivity index (χ3n) is 2.47. The van der Waals surface area contributed by atoms with Crippen molar-refractivity contribution in [3.63, 3.8) is 0 Å². The maximum absolute atomic E-state index is 13.7. The number of nitrogens with two attached hydrogens (primary N) is 1. The quantitative estimate of drug-likeness (QED) is 0.615. The molecule has 0 spiro atoms. The highest BCUT2D eigenvalue weighted by molar-refractivity contribution is 5.37. The third-order valence-corrected chi connectivity index (χ3v) is 2.47. The molecule has 2 N–H and O–H groups in total. The summed E-state index contributed by atoms with van der Waals surface area (Å²) in [5.41, 5.74) is 6.41. The van der Waals surface area contributed by atoms with Crippen LogP contribution in [0.3, 0.4) is 0 Å². The lowest BCUT2D eigenvalue weighted by Crippen LogP contribution is -2.08. The van der Waals surface area contributed by atoms with Crippen LogP contribution >= 0.6 is 0 Å². The molecule has 4 heteroatoms. The Bertz CT molecular complexity index is 463. The van der Waals surface area contributed by atoms with Gasteiger partial charge in [-0.25, -0.2) is 4.39 Å². The van der Waals surface area contributed by atoms with Crippen LogP contribution in [0.1, 0.15) is 25.0 Å². The van der Waals surface area contributed by atoms with E-state index in [0.29, 0.717) is 36.9 Å². The van der Waals surface area contributed by atoms with Gasteiger partial charge in [0.15, 0.2) is 0 Å². The number of rotatable bonds is 7. The van der Waals surface area contributed by atoms with Crippen LogP contribution in [0.2, 0.25) is 0 Å². The summed E-state index contributed by atoms with van der Waals surface area (Å²) in [6.07, 6.45) is 0. The van der Waals surface area contributed by atoms with Crippen molar-refractivity contribution in [1.82, 2.24) is 0 Å². The molecule has 1 aromatic carbocycles. The minimum atomic E-state index is -0.308. The molecule has 0 heterocycles. The molecule has 0 radical (unpaired) electrons. The average molecular weight is 279 g/mol. The fourth-order valence-electron chi connectivity index (χ4n) is 1.51. The van der Waals surface area contributed by atoms with Gasteiger partial charge in [0.05, 0.1) is 26.4 Å². The van der Waals surface area contributed by atoms with Crippen LogP contribution in [0.5, 0.6) is 0 Å². The summed E-state index contributed by atoms with van der Waals surface area (Å²) in [5.74, 6) is 5.68. The lowest BCUT2D eigenvalue weighted by atomic mass is 10.1. The van der Waals surface area contributed by atoms with Crippen molar-refractivity contribution in [2.45, 2.75) is 20.5 Å². The van der Waals surface area contributed by atoms with Crippen molar-refractivity contribution < 1.29 is 13.9 Å². The molecule has 0 bridgehead atoms. The number of hydrogen-bond acceptors (Lipinski definition) is 3. The van der Waals surface area contributed by atoms with E-state index >= 15 is 0 Å². The zero-order chi connectivity index (χ0) is 14.8. The summed E-state index contributed by atoms with van der Waals surface area (Å²) in [5, 5.41) is 0. The van der Waals surface area contributed by atoms with E-state index < -0.39 is 0 Å². The van der Waals surface area contributed by atoms with Gasteiger partial charge in [0.25, 0.3) is 0 Å². The molecule has 0 saturated heterocycles. The van der Waals surface area contributed by atoms with E-state index in [1.54, 1.807) is 12.1 Å².